The second kappa shape index (κ2) is 10.5. The Morgan fingerprint density at radius 1 is 0.375 bits per heavy atom. The lowest BCUT2D eigenvalue weighted by molar-refractivity contribution is 0.887. The van der Waals surface area contributed by atoms with E-state index >= 15 is 0 Å². The van der Waals surface area contributed by atoms with Crippen LogP contribution in [0.25, 0.3) is 65.9 Å². The topological polar surface area (TPSA) is 18.0 Å². The third-order valence-electron chi connectivity index (χ3n) is 9.60. The van der Waals surface area contributed by atoms with Gasteiger partial charge in [-0.15, -0.1) is 0 Å². The van der Waals surface area contributed by atoms with Gasteiger partial charge in [0.05, 0.1) is 39.0 Å². The summed E-state index contributed by atoms with van der Waals surface area (Å²) in [5.41, 5.74) is 10.3. The second-order valence-electron chi connectivity index (χ2n) is 12.3. The zero-order chi connectivity index (χ0) is 31.6. The summed E-state index contributed by atoms with van der Waals surface area (Å²) in [5, 5.41) is 8.44. The molecule has 7 aromatic carbocycles. The first-order valence-electron chi connectivity index (χ1n) is 16.4. The highest BCUT2D eigenvalue weighted by Gasteiger charge is 2.25. The standard InChI is InChI=1S/C44H30N4/c1-5-15-32(16-6-1)45-28-27-31-29-42-39(30-41(31)45)38-26-25-37-36-23-13-14-24-40(36)46(33-17-7-2-8-18-33)43(37)44(38)48(42)47(34-19-9-3-10-20-34)35-21-11-4-12-22-35/h1-30H. The molecule has 0 aliphatic heterocycles. The minimum absolute atomic E-state index is 1.09. The van der Waals surface area contributed by atoms with Crippen molar-refractivity contribution in [3.8, 4) is 11.4 Å². The summed E-state index contributed by atoms with van der Waals surface area (Å²) >= 11 is 0. The van der Waals surface area contributed by atoms with Gasteiger partial charge >= 0.3 is 0 Å². The molecule has 0 bridgehead atoms. The number of hydrogen-bond donors (Lipinski definition) is 0. The molecule has 0 spiro atoms. The van der Waals surface area contributed by atoms with Crippen LogP contribution in [0.5, 0.6) is 0 Å². The Kier molecular flexibility index (Phi) is 5.84. The molecule has 4 heteroatoms. The predicted molar refractivity (Wildman–Crippen MR) is 201 cm³/mol. The summed E-state index contributed by atoms with van der Waals surface area (Å²) in [5.74, 6) is 0. The molecular weight excluding hydrogens is 585 g/mol. The molecule has 3 heterocycles. The van der Waals surface area contributed by atoms with E-state index in [1.54, 1.807) is 0 Å². The summed E-state index contributed by atoms with van der Waals surface area (Å²) in [6.45, 7) is 0. The maximum absolute atomic E-state index is 2.45. The molecule has 0 fully saturated rings. The Morgan fingerprint density at radius 3 is 1.60 bits per heavy atom. The van der Waals surface area contributed by atoms with Crippen molar-refractivity contribution in [2.45, 2.75) is 0 Å². The lowest BCUT2D eigenvalue weighted by Crippen LogP contribution is -2.24. The zero-order valence-electron chi connectivity index (χ0n) is 26.1. The first-order valence-corrected chi connectivity index (χ1v) is 16.4. The summed E-state index contributed by atoms with van der Waals surface area (Å²) in [4.78, 5) is 0. The van der Waals surface area contributed by atoms with E-state index in [4.69, 9.17) is 0 Å². The second-order valence-corrected chi connectivity index (χ2v) is 12.3. The van der Waals surface area contributed by atoms with Gasteiger partial charge in [0.2, 0.25) is 0 Å². The lowest BCUT2D eigenvalue weighted by atomic mass is 10.1. The number of aromatic nitrogens is 3. The smallest absolute Gasteiger partial charge is 0.0963 e. The Hall–Kier alpha value is -6.52. The lowest BCUT2D eigenvalue weighted by Gasteiger charge is -2.28. The monoisotopic (exact) mass is 614 g/mol. The number of benzene rings is 7. The van der Waals surface area contributed by atoms with Crippen LogP contribution in [0.15, 0.2) is 182 Å². The minimum atomic E-state index is 1.09. The van der Waals surface area contributed by atoms with Gasteiger partial charge in [-0.1, -0.05) is 103 Å². The van der Waals surface area contributed by atoms with E-state index in [1.807, 2.05) is 0 Å². The van der Waals surface area contributed by atoms with Crippen LogP contribution in [0.3, 0.4) is 0 Å². The highest BCUT2D eigenvalue weighted by Crippen LogP contribution is 2.43. The van der Waals surface area contributed by atoms with Gasteiger partial charge in [0, 0.05) is 44.5 Å². The fraction of sp³-hybridized carbons (Fsp3) is 0. The fourth-order valence-electron chi connectivity index (χ4n) is 7.54. The van der Waals surface area contributed by atoms with Crippen LogP contribution in [-0.2, 0) is 0 Å². The van der Waals surface area contributed by atoms with Gasteiger partial charge in [-0.3, -0.25) is 0 Å². The molecule has 226 valence electrons. The van der Waals surface area contributed by atoms with Crippen LogP contribution in [0.2, 0.25) is 0 Å². The van der Waals surface area contributed by atoms with Gasteiger partial charge in [0.25, 0.3) is 0 Å². The Labute approximate surface area is 277 Å². The number of para-hydroxylation sites is 5. The minimum Gasteiger partial charge on any atom is -0.317 e. The first kappa shape index (κ1) is 26.7. The Bertz CT molecular complexity index is 2720. The maximum atomic E-state index is 2.45. The van der Waals surface area contributed by atoms with Gasteiger partial charge < -0.3 is 9.13 Å². The fourth-order valence-corrected chi connectivity index (χ4v) is 7.54. The summed E-state index contributed by atoms with van der Waals surface area (Å²) in [6, 6.07) is 63.2. The van der Waals surface area contributed by atoms with E-state index in [-0.39, 0.29) is 0 Å². The van der Waals surface area contributed by atoms with E-state index < -0.39 is 0 Å². The molecule has 10 rings (SSSR count). The molecule has 10 aromatic rings. The van der Waals surface area contributed by atoms with Crippen molar-refractivity contribution in [1.29, 1.82) is 0 Å². The summed E-state index contributed by atoms with van der Waals surface area (Å²) in [6.07, 6.45) is 2.18. The van der Waals surface area contributed by atoms with Crippen molar-refractivity contribution in [3.63, 3.8) is 0 Å². The average Bonchev–Trinajstić information content (AvgIpc) is 3.83. The molecule has 0 unspecified atom stereocenters. The molecular formula is C44H30N4. The van der Waals surface area contributed by atoms with Crippen LogP contribution in [0.1, 0.15) is 0 Å². The van der Waals surface area contributed by atoms with Crippen LogP contribution in [0, 0.1) is 0 Å². The first-order chi connectivity index (χ1) is 23.8. The quantitative estimate of drug-likeness (QED) is 0.189. The van der Waals surface area contributed by atoms with E-state index in [0.29, 0.717) is 0 Å². The average molecular weight is 615 g/mol. The normalized spacial score (nSPS) is 11.8. The number of rotatable bonds is 5. The molecule has 0 amide bonds. The highest BCUT2D eigenvalue weighted by atomic mass is 15.6. The van der Waals surface area contributed by atoms with Crippen molar-refractivity contribution in [1.82, 2.24) is 13.8 Å². The molecule has 0 atom stereocenters. The molecule has 0 aliphatic rings. The largest absolute Gasteiger partial charge is 0.317 e. The van der Waals surface area contributed by atoms with Crippen molar-refractivity contribution in [2.24, 2.45) is 0 Å². The van der Waals surface area contributed by atoms with Crippen molar-refractivity contribution < 1.29 is 0 Å². The van der Waals surface area contributed by atoms with E-state index in [2.05, 4.69) is 201 Å². The highest BCUT2D eigenvalue weighted by molar-refractivity contribution is 6.24. The van der Waals surface area contributed by atoms with Gasteiger partial charge in [-0.25, -0.2) is 9.69 Å². The van der Waals surface area contributed by atoms with Crippen LogP contribution < -0.4 is 5.01 Å². The maximum Gasteiger partial charge on any atom is 0.0963 e. The van der Waals surface area contributed by atoms with E-state index in [1.165, 1.54) is 43.5 Å². The third-order valence-corrected chi connectivity index (χ3v) is 9.60. The van der Waals surface area contributed by atoms with Crippen LogP contribution in [-0.4, -0.2) is 13.8 Å². The number of nitrogens with zero attached hydrogens (tertiary/aromatic N) is 4. The Morgan fingerprint density at radius 2 is 0.938 bits per heavy atom. The molecule has 0 aliphatic carbocycles. The molecule has 0 N–H and O–H groups in total. The van der Waals surface area contributed by atoms with Crippen molar-refractivity contribution >= 4 is 65.9 Å². The number of hydrogen-bond acceptors (Lipinski definition) is 1. The number of fused-ring (bicyclic) bond motifs is 8. The Balaban J connectivity index is 1.43. The van der Waals surface area contributed by atoms with Crippen LogP contribution >= 0.6 is 0 Å². The molecule has 0 saturated carbocycles. The van der Waals surface area contributed by atoms with Crippen molar-refractivity contribution in [2.75, 3.05) is 5.01 Å². The van der Waals surface area contributed by atoms with Gasteiger partial charge in [0.1, 0.15) is 0 Å². The summed E-state index contributed by atoms with van der Waals surface area (Å²) in [7, 11) is 0. The van der Waals surface area contributed by atoms with Crippen molar-refractivity contribution in [3.05, 3.63) is 182 Å². The predicted octanol–water partition coefficient (Wildman–Crippen LogP) is 11.4. The number of anilines is 2. The molecule has 4 nitrogen and oxygen atoms in total. The molecule has 3 aromatic heterocycles. The third kappa shape index (κ3) is 3.90. The molecule has 0 saturated heterocycles. The molecule has 48 heavy (non-hydrogen) atoms. The van der Waals surface area contributed by atoms with Gasteiger partial charge in [-0.05, 0) is 72.8 Å². The van der Waals surface area contributed by atoms with Crippen LogP contribution in [0.4, 0.5) is 11.4 Å². The zero-order valence-corrected chi connectivity index (χ0v) is 26.1. The van der Waals surface area contributed by atoms with E-state index in [0.717, 1.165) is 33.8 Å². The molecule has 0 radical (unpaired) electrons. The summed E-state index contributed by atoms with van der Waals surface area (Å²) < 4.78 is 7.19. The van der Waals surface area contributed by atoms with E-state index in [9.17, 15) is 0 Å². The van der Waals surface area contributed by atoms with Gasteiger partial charge in [0.15, 0.2) is 0 Å². The SMILES string of the molecule is c1ccc(N(c2ccccc2)n2c3cc4ccn(-c5ccccc5)c4cc3c3ccc4c5ccccc5n(-c5ccccc5)c4c32)cc1. The van der Waals surface area contributed by atoms with Gasteiger partial charge in [-0.2, -0.15) is 0 Å².